The molecule has 2 N–H and O–H groups in total. The van der Waals surface area contributed by atoms with Crippen molar-refractivity contribution in [3.63, 3.8) is 0 Å². The van der Waals surface area contributed by atoms with Gasteiger partial charge in [0.2, 0.25) is 20.0 Å². The van der Waals surface area contributed by atoms with E-state index in [1.54, 1.807) is 12.1 Å². The number of sulfonamides is 2. The highest BCUT2D eigenvalue weighted by molar-refractivity contribution is 7.92. The maximum atomic E-state index is 11.4. The first-order valence-corrected chi connectivity index (χ1v) is 13.1. The van der Waals surface area contributed by atoms with Crippen LogP contribution >= 0.6 is 0 Å². The van der Waals surface area contributed by atoms with E-state index in [0.717, 1.165) is 43.9 Å². The lowest BCUT2D eigenvalue weighted by atomic mass is 10.1. The van der Waals surface area contributed by atoms with Crippen LogP contribution in [0.2, 0.25) is 0 Å². The number of benzene rings is 2. The molecule has 1 aliphatic rings. The van der Waals surface area contributed by atoms with Gasteiger partial charge in [-0.05, 0) is 67.3 Å². The molecule has 0 aromatic heterocycles. The van der Waals surface area contributed by atoms with Crippen molar-refractivity contribution in [1.29, 1.82) is 0 Å². The van der Waals surface area contributed by atoms with Crippen molar-refractivity contribution in [2.45, 2.75) is 25.3 Å². The Balaban J connectivity index is 1.55. The maximum Gasteiger partial charge on any atom is 0.229 e. The van der Waals surface area contributed by atoms with E-state index in [4.69, 9.17) is 0 Å². The van der Waals surface area contributed by atoms with E-state index in [9.17, 15) is 16.8 Å². The van der Waals surface area contributed by atoms with Gasteiger partial charge in [-0.25, -0.2) is 16.8 Å². The second-order valence-corrected chi connectivity index (χ2v) is 11.2. The van der Waals surface area contributed by atoms with Crippen molar-refractivity contribution in [2.24, 2.45) is 0 Å². The molecular formula is C20H27N3O4S2. The number of rotatable bonds is 8. The smallest absolute Gasteiger partial charge is 0.229 e. The largest absolute Gasteiger partial charge is 0.302 e. The summed E-state index contributed by atoms with van der Waals surface area (Å²) in [6.07, 6.45) is 4.99. The minimum Gasteiger partial charge on any atom is -0.302 e. The van der Waals surface area contributed by atoms with Crippen molar-refractivity contribution >= 4 is 31.4 Å². The lowest BCUT2D eigenvalue weighted by molar-refractivity contribution is 0.252. The Morgan fingerprint density at radius 1 is 0.862 bits per heavy atom. The van der Waals surface area contributed by atoms with E-state index in [1.807, 2.05) is 30.3 Å². The van der Waals surface area contributed by atoms with Gasteiger partial charge >= 0.3 is 0 Å². The van der Waals surface area contributed by atoms with Crippen molar-refractivity contribution in [1.82, 2.24) is 4.90 Å². The van der Waals surface area contributed by atoms with Crippen LogP contribution in [-0.4, -0.2) is 53.9 Å². The topological polar surface area (TPSA) is 95.6 Å². The molecule has 0 aliphatic heterocycles. The Labute approximate surface area is 173 Å². The van der Waals surface area contributed by atoms with Crippen molar-refractivity contribution in [3.8, 4) is 0 Å². The summed E-state index contributed by atoms with van der Waals surface area (Å²) in [6, 6.07) is 13.6. The van der Waals surface area contributed by atoms with Crippen LogP contribution in [-0.2, 0) is 39.3 Å². The summed E-state index contributed by atoms with van der Waals surface area (Å²) in [7, 11) is -4.43. The molecule has 1 aliphatic carbocycles. The third kappa shape index (κ3) is 6.45. The molecule has 0 heterocycles. The molecule has 3 rings (SSSR count). The molecule has 0 saturated carbocycles. The zero-order chi connectivity index (χ0) is 21.2. The van der Waals surface area contributed by atoms with Crippen LogP contribution in [0.3, 0.4) is 0 Å². The van der Waals surface area contributed by atoms with Crippen LogP contribution in [0.1, 0.15) is 16.7 Å². The molecular weight excluding hydrogens is 410 g/mol. The van der Waals surface area contributed by atoms with Gasteiger partial charge in [0.05, 0.1) is 12.5 Å². The van der Waals surface area contributed by atoms with E-state index >= 15 is 0 Å². The van der Waals surface area contributed by atoms with Gasteiger partial charge in [0.1, 0.15) is 0 Å². The molecule has 0 spiro atoms. The average molecular weight is 438 g/mol. The van der Waals surface area contributed by atoms with Gasteiger partial charge in [-0.1, -0.05) is 18.2 Å². The molecule has 2 aromatic carbocycles. The first-order valence-electron chi connectivity index (χ1n) is 9.35. The fourth-order valence-corrected chi connectivity index (χ4v) is 4.75. The van der Waals surface area contributed by atoms with Gasteiger partial charge in [0.15, 0.2) is 0 Å². The van der Waals surface area contributed by atoms with Gasteiger partial charge in [-0.3, -0.25) is 9.44 Å². The van der Waals surface area contributed by atoms with Crippen LogP contribution < -0.4 is 9.44 Å². The van der Waals surface area contributed by atoms with Crippen LogP contribution in [0, 0.1) is 0 Å². The predicted octanol–water partition coefficient (Wildman–Crippen LogP) is 2.07. The maximum absolute atomic E-state index is 11.4. The summed E-state index contributed by atoms with van der Waals surface area (Å²) < 4.78 is 50.4. The fraction of sp³-hybridized carbons (Fsp3) is 0.400. The second kappa shape index (κ2) is 8.33. The lowest BCUT2D eigenvalue weighted by Crippen LogP contribution is -2.33. The second-order valence-electron chi connectivity index (χ2n) is 7.72. The standard InChI is InChI=1S/C20H27N3O4S2/c1-23(11-10-15-4-7-18(8-5-15)21-28(2,24)25)20-13-16-6-9-19(12-17(16)14-20)22-29(3,26)27/h4-9,12,20-22H,10-11,13-14H2,1-3H3. The van der Waals surface area contributed by atoms with Gasteiger partial charge in [-0.2, -0.15) is 0 Å². The normalized spacial score (nSPS) is 16.6. The summed E-state index contributed by atoms with van der Waals surface area (Å²) in [6.45, 7) is 0.881. The van der Waals surface area contributed by atoms with E-state index in [1.165, 1.54) is 11.1 Å². The molecule has 2 aromatic rings. The summed E-state index contributed by atoms with van der Waals surface area (Å²) >= 11 is 0. The molecule has 0 fully saturated rings. The van der Waals surface area contributed by atoms with Gasteiger partial charge in [0.25, 0.3) is 0 Å². The first kappa shape index (κ1) is 21.6. The Hall–Kier alpha value is -2.10. The third-order valence-corrected chi connectivity index (χ3v) is 6.27. The number of fused-ring (bicyclic) bond motifs is 1. The predicted molar refractivity (Wildman–Crippen MR) is 117 cm³/mol. The van der Waals surface area contributed by atoms with Crippen molar-refractivity contribution in [3.05, 3.63) is 59.2 Å². The molecule has 0 radical (unpaired) electrons. The number of anilines is 2. The molecule has 1 unspecified atom stereocenters. The highest BCUT2D eigenvalue weighted by atomic mass is 32.2. The van der Waals surface area contributed by atoms with Crippen molar-refractivity contribution < 1.29 is 16.8 Å². The minimum atomic E-state index is -3.28. The number of likely N-dealkylation sites (N-methyl/N-ethyl adjacent to an activating group) is 1. The third-order valence-electron chi connectivity index (χ3n) is 5.05. The van der Waals surface area contributed by atoms with Gasteiger partial charge in [-0.15, -0.1) is 0 Å². The van der Waals surface area contributed by atoms with Crippen molar-refractivity contribution in [2.75, 3.05) is 35.5 Å². The zero-order valence-electron chi connectivity index (χ0n) is 16.8. The van der Waals surface area contributed by atoms with E-state index in [2.05, 4.69) is 21.4 Å². The Bertz CT molecular complexity index is 1080. The van der Waals surface area contributed by atoms with Crippen LogP contribution in [0.25, 0.3) is 0 Å². The number of nitrogens with one attached hydrogen (secondary N) is 2. The van der Waals surface area contributed by atoms with Gasteiger partial charge < -0.3 is 4.90 Å². The molecule has 0 amide bonds. The van der Waals surface area contributed by atoms with Gasteiger partial charge in [0, 0.05) is 24.0 Å². The quantitative estimate of drug-likeness (QED) is 0.659. The first-order chi connectivity index (χ1) is 13.5. The summed E-state index contributed by atoms with van der Waals surface area (Å²) in [5.74, 6) is 0. The van der Waals surface area contributed by atoms with E-state index in [-0.39, 0.29) is 0 Å². The van der Waals surface area contributed by atoms with E-state index in [0.29, 0.717) is 17.4 Å². The number of hydrogen-bond donors (Lipinski definition) is 2. The monoisotopic (exact) mass is 437 g/mol. The molecule has 0 saturated heterocycles. The average Bonchev–Trinajstić information content (AvgIpc) is 3.01. The lowest BCUT2D eigenvalue weighted by Gasteiger charge is -2.24. The van der Waals surface area contributed by atoms with E-state index < -0.39 is 20.0 Å². The molecule has 9 heteroatoms. The Morgan fingerprint density at radius 3 is 2.03 bits per heavy atom. The molecule has 29 heavy (non-hydrogen) atoms. The molecule has 1 atom stereocenters. The van der Waals surface area contributed by atoms with Crippen LogP contribution in [0.5, 0.6) is 0 Å². The molecule has 0 bridgehead atoms. The summed E-state index contributed by atoms with van der Waals surface area (Å²) in [5, 5.41) is 0. The summed E-state index contributed by atoms with van der Waals surface area (Å²) in [4.78, 5) is 2.33. The summed E-state index contributed by atoms with van der Waals surface area (Å²) in [5.41, 5.74) is 4.77. The molecule has 7 nitrogen and oxygen atoms in total. The zero-order valence-corrected chi connectivity index (χ0v) is 18.5. The SMILES string of the molecule is CN(CCc1ccc(NS(C)(=O)=O)cc1)C1Cc2ccc(NS(C)(=O)=O)cc2C1. The Kier molecular flexibility index (Phi) is 6.21. The molecule has 158 valence electrons. The Morgan fingerprint density at radius 2 is 1.41 bits per heavy atom. The minimum absolute atomic E-state index is 0.379. The highest BCUT2D eigenvalue weighted by Gasteiger charge is 2.25. The number of nitrogens with zero attached hydrogens (tertiary/aromatic N) is 1. The fourth-order valence-electron chi connectivity index (χ4n) is 3.63. The number of hydrogen-bond acceptors (Lipinski definition) is 5. The highest BCUT2D eigenvalue weighted by Crippen LogP contribution is 2.28. The van der Waals surface area contributed by atoms with Crippen LogP contribution in [0.15, 0.2) is 42.5 Å². The van der Waals surface area contributed by atoms with Crippen LogP contribution in [0.4, 0.5) is 11.4 Å².